The average Bonchev–Trinajstić information content (AvgIpc) is 3.13. The van der Waals surface area contributed by atoms with Crippen LogP contribution >= 0.6 is 0 Å². The molecule has 1 amide bonds. The third kappa shape index (κ3) is 2.64. The molecule has 0 aliphatic carbocycles. The van der Waals surface area contributed by atoms with Crippen LogP contribution in [0.1, 0.15) is 41.1 Å². The molecule has 2 aromatic rings. The van der Waals surface area contributed by atoms with Crippen molar-refractivity contribution in [1.29, 1.82) is 0 Å². The Bertz CT molecular complexity index is 683. The summed E-state index contributed by atoms with van der Waals surface area (Å²) in [6.45, 7) is 3.00. The van der Waals surface area contributed by atoms with Gasteiger partial charge in [-0.15, -0.1) is 0 Å². The van der Waals surface area contributed by atoms with E-state index in [-0.39, 0.29) is 30.2 Å². The molecule has 0 spiro atoms. The minimum Gasteiger partial charge on any atom is -0.467 e. The van der Waals surface area contributed by atoms with Gasteiger partial charge in [0.25, 0.3) is 5.91 Å². The molecule has 116 valence electrons. The summed E-state index contributed by atoms with van der Waals surface area (Å²) in [5, 5.41) is 0. The predicted octanol–water partition coefficient (Wildman–Crippen LogP) is 3.10. The van der Waals surface area contributed by atoms with E-state index in [1.54, 1.807) is 17.0 Å². The van der Waals surface area contributed by atoms with Crippen molar-refractivity contribution in [2.75, 3.05) is 6.54 Å². The Kier molecular flexibility index (Phi) is 3.98. The lowest BCUT2D eigenvalue weighted by Crippen LogP contribution is -2.31. The number of benzene rings is 1. The number of halogens is 1. The van der Waals surface area contributed by atoms with Gasteiger partial charge >= 0.3 is 0 Å². The summed E-state index contributed by atoms with van der Waals surface area (Å²) in [5.74, 6) is 0.490. The zero-order valence-corrected chi connectivity index (χ0v) is 12.5. The van der Waals surface area contributed by atoms with E-state index in [0.717, 1.165) is 12.0 Å². The van der Waals surface area contributed by atoms with Gasteiger partial charge in [-0.1, -0.05) is 19.1 Å². The van der Waals surface area contributed by atoms with E-state index in [1.165, 1.54) is 18.4 Å². The normalized spacial score (nSPS) is 21.3. The molecule has 0 saturated carbocycles. The van der Waals surface area contributed by atoms with E-state index < -0.39 is 0 Å². The smallest absolute Gasteiger partial charge is 0.257 e. The molecule has 0 radical (unpaired) electrons. The van der Waals surface area contributed by atoms with Crippen LogP contribution in [0.15, 0.2) is 41.0 Å². The fraction of sp³-hybridized carbons (Fsp3) is 0.353. The molecular formula is C17H19FN2O2. The molecule has 1 saturated heterocycles. The number of nitrogens with two attached hydrogens (primary N) is 1. The Balaban J connectivity index is 1.90. The van der Waals surface area contributed by atoms with Gasteiger partial charge < -0.3 is 15.1 Å². The zero-order valence-electron chi connectivity index (χ0n) is 12.5. The number of hydrogen-bond acceptors (Lipinski definition) is 3. The van der Waals surface area contributed by atoms with Crippen LogP contribution in [0.25, 0.3) is 0 Å². The number of rotatable bonds is 3. The van der Waals surface area contributed by atoms with Crippen LogP contribution in [0.5, 0.6) is 0 Å². The molecule has 2 atom stereocenters. The third-order valence-corrected chi connectivity index (χ3v) is 4.25. The number of hydrogen-bond donors (Lipinski definition) is 1. The first kappa shape index (κ1) is 14.8. The fourth-order valence-electron chi connectivity index (χ4n) is 3.14. The van der Waals surface area contributed by atoms with Crippen molar-refractivity contribution in [3.63, 3.8) is 0 Å². The molecule has 4 nitrogen and oxygen atoms in total. The lowest BCUT2D eigenvalue weighted by Gasteiger charge is -2.27. The second-order valence-electron chi connectivity index (χ2n) is 5.77. The molecule has 3 rings (SSSR count). The minimum absolute atomic E-state index is 0.0953. The molecule has 1 aliphatic heterocycles. The molecule has 1 aromatic heterocycles. The number of nitrogens with zero attached hydrogens (tertiary/aromatic N) is 1. The molecular weight excluding hydrogens is 283 g/mol. The largest absolute Gasteiger partial charge is 0.467 e. The number of carbonyl (C=O) groups excluding carboxylic acids is 1. The summed E-state index contributed by atoms with van der Waals surface area (Å²) in [6.07, 6.45) is 2.34. The molecule has 5 heteroatoms. The molecule has 0 bridgehead atoms. The Morgan fingerprint density at radius 3 is 2.95 bits per heavy atom. The van der Waals surface area contributed by atoms with Crippen LogP contribution < -0.4 is 5.73 Å². The predicted molar refractivity (Wildman–Crippen MR) is 80.6 cm³/mol. The Labute approximate surface area is 128 Å². The first-order valence-corrected chi connectivity index (χ1v) is 7.44. The average molecular weight is 302 g/mol. The van der Waals surface area contributed by atoms with Crippen LogP contribution in [0.4, 0.5) is 4.39 Å². The molecule has 1 fully saturated rings. The molecule has 1 aromatic carbocycles. The topological polar surface area (TPSA) is 59.5 Å². The molecule has 2 unspecified atom stereocenters. The SMILES string of the molecule is CC1CCN(C(=O)c2coc(CN)c2)C1c1cccc(F)c1. The van der Waals surface area contributed by atoms with Crippen molar-refractivity contribution < 1.29 is 13.6 Å². The van der Waals surface area contributed by atoms with Crippen LogP contribution in [0, 0.1) is 11.7 Å². The van der Waals surface area contributed by atoms with Crippen molar-refractivity contribution in [2.24, 2.45) is 11.7 Å². The van der Waals surface area contributed by atoms with E-state index in [4.69, 9.17) is 10.2 Å². The highest BCUT2D eigenvalue weighted by molar-refractivity contribution is 5.94. The van der Waals surface area contributed by atoms with Gasteiger partial charge in [-0.3, -0.25) is 4.79 Å². The van der Waals surface area contributed by atoms with E-state index in [1.807, 2.05) is 6.07 Å². The zero-order chi connectivity index (χ0) is 15.7. The highest BCUT2D eigenvalue weighted by Crippen LogP contribution is 2.38. The molecule has 22 heavy (non-hydrogen) atoms. The minimum atomic E-state index is -0.280. The Morgan fingerprint density at radius 1 is 1.45 bits per heavy atom. The first-order chi connectivity index (χ1) is 10.6. The number of amides is 1. The fourth-order valence-corrected chi connectivity index (χ4v) is 3.14. The van der Waals surface area contributed by atoms with Crippen molar-refractivity contribution in [3.05, 3.63) is 59.3 Å². The molecule has 2 heterocycles. The maximum absolute atomic E-state index is 13.5. The van der Waals surface area contributed by atoms with E-state index in [2.05, 4.69) is 6.92 Å². The first-order valence-electron chi connectivity index (χ1n) is 7.44. The van der Waals surface area contributed by atoms with E-state index in [9.17, 15) is 9.18 Å². The summed E-state index contributed by atoms with van der Waals surface area (Å²) in [4.78, 5) is 14.5. The number of furan rings is 1. The van der Waals surface area contributed by atoms with Crippen molar-refractivity contribution in [1.82, 2.24) is 4.90 Å². The quantitative estimate of drug-likeness (QED) is 0.947. The third-order valence-electron chi connectivity index (χ3n) is 4.25. The summed E-state index contributed by atoms with van der Waals surface area (Å²) in [7, 11) is 0. The second-order valence-corrected chi connectivity index (χ2v) is 5.77. The highest BCUT2D eigenvalue weighted by atomic mass is 19.1. The van der Waals surface area contributed by atoms with Gasteiger partial charge in [0.05, 0.1) is 18.2 Å². The van der Waals surface area contributed by atoms with Crippen LogP contribution in [-0.2, 0) is 6.54 Å². The maximum Gasteiger partial charge on any atom is 0.257 e. The lowest BCUT2D eigenvalue weighted by atomic mass is 9.95. The number of carbonyl (C=O) groups is 1. The van der Waals surface area contributed by atoms with Crippen molar-refractivity contribution in [3.8, 4) is 0 Å². The van der Waals surface area contributed by atoms with Gasteiger partial charge in [0.1, 0.15) is 17.8 Å². The molecule has 1 aliphatic rings. The summed E-state index contributed by atoms with van der Waals surface area (Å²) in [6, 6.07) is 8.04. The van der Waals surface area contributed by atoms with E-state index >= 15 is 0 Å². The maximum atomic E-state index is 13.5. The van der Waals surface area contributed by atoms with Crippen molar-refractivity contribution in [2.45, 2.75) is 25.9 Å². The van der Waals surface area contributed by atoms with Gasteiger partial charge in [-0.05, 0) is 36.1 Å². The van der Waals surface area contributed by atoms with E-state index in [0.29, 0.717) is 17.9 Å². The monoisotopic (exact) mass is 302 g/mol. The summed E-state index contributed by atoms with van der Waals surface area (Å²) in [5.41, 5.74) is 6.84. The van der Waals surface area contributed by atoms with Crippen molar-refractivity contribution >= 4 is 5.91 Å². The number of likely N-dealkylation sites (tertiary alicyclic amines) is 1. The highest BCUT2D eigenvalue weighted by Gasteiger charge is 2.36. The molecule has 2 N–H and O–H groups in total. The van der Waals surface area contributed by atoms with Gasteiger partial charge in [-0.25, -0.2) is 4.39 Å². The standard InChI is InChI=1S/C17H19FN2O2/c1-11-5-6-20(16(11)12-3-2-4-14(18)7-12)17(21)13-8-15(9-19)22-10-13/h2-4,7-8,10-11,16H,5-6,9,19H2,1H3. The van der Waals surface area contributed by atoms with Gasteiger partial charge in [-0.2, -0.15) is 0 Å². The Hall–Kier alpha value is -2.14. The summed E-state index contributed by atoms with van der Waals surface area (Å²) < 4.78 is 18.8. The van der Waals surface area contributed by atoms with Gasteiger partial charge in [0.15, 0.2) is 0 Å². The van der Waals surface area contributed by atoms with Crippen LogP contribution in [0.2, 0.25) is 0 Å². The van der Waals surface area contributed by atoms with Gasteiger partial charge in [0, 0.05) is 6.54 Å². The van der Waals surface area contributed by atoms with Crippen LogP contribution in [0.3, 0.4) is 0 Å². The Morgan fingerprint density at radius 2 is 2.27 bits per heavy atom. The summed E-state index contributed by atoms with van der Waals surface area (Å²) >= 11 is 0. The second kappa shape index (κ2) is 5.93. The van der Waals surface area contributed by atoms with Gasteiger partial charge in [0.2, 0.25) is 0 Å². The van der Waals surface area contributed by atoms with Crippen LogP contribution in [-0.4, -0.2) is 17.4 Å². The lowest BCUT2D eigenvalue weighted by molar-refractivity contribution is 0.0719.